The number of nitro groups is 1. The van der Waals surface area contributed by atoms with Gasteiger partial charge in [0.1, 0.15) is 0 Å². The summed E-state index contributed by atoms with van der Waals surface area (Å²) in [6.45, 7) is 1.52. The number of hydrogen-bond donors (Lipinski definition) is 2. The average molecular weight is 352 g/mol. The van der Waals surface area contributed by atoms with E-state index in [1.54, 1.807) is 31.2 Å². The third kappa shape index (κ3) is 4.88. The molecule has 0 bridgehead atoms. The Bertz CT molecular complexity index is 872. The maximum atomic E-state index is 12.0. The molecule has 2 aromatic rings. The number of non-ortho nitro benzene ring substituents is 1. The molecule has 0 saturated carbocycles. The highest BCUT2D eigenvalue weighted by molar-refractivity contribution is 5.97. The number of carbonyl (C=O) groups excluding carboxylic acids is 2. The van der Waals surface area contributed by atoms with Crippen LogP contribution in [-0.2, 0) is 4.79 Å². The van der Waals surface area contributed by atoms with E-state index in [1.807, 2.05) is 6.07 Å². The fourth-order valence-electron chi connectivity index (χ4n) is 2.25. The van der Waals surface area contributed by atoms with E-state index in [2.05, 4.69) is 10.6 Å². The number of carbonyl (C=O) groups is 2. The van der Waals surface area contributed by atoms with Gasteiger partial charge in [-0.2, -0.15) is 5.26 Å². The van der Waals surface area contributed by atoms with Crippen molar-refractivity contribution in [2.75, 3.05) is 6.54 Å². The summed E-state index contributed by atoms with van der Waals surface area (Å²) in [5, 5.41) is 24.7. The second-order valence-corrected chi connectivity index (χ2v) is 5.51. The number of benzene rings is 2. The maximum absolute atomic E-state index is 12.0. The number of amides is 2. The minimum Gasteiger partial charge on any atom is -0.348 e. The van der Waals surface area contributed by atoms with Crippen molar-refractivity contribution in [1.29, 1.82) is 5.26 Å². The van der Waals surface area contributed by atoms with Crippen LogP contribution in [0.4, 0.5) is 5.69 Å². The van der Waals surface area contributed by atoms with E-state index < -0.39 is 16.7 Å². The molecule has 26 heavy (non-hydrogen) atoms. The van der Waals surface area contributed by atoms with Crippen molar-refractivity contribution in [3.8, 4) is 6.07 Å². The molecule has 0 saturated heterocycles. The quantitative estimate of drug-likeness (QED) is 0.608. The third-order valence-corrected chi connectivity index (χ3v) is 3.65. The summed E-state index contributed by atoms with van der Waals surface area (Å²) in [6.07, 6.45) is 0. The summed E-state index contributed by atoms with van der Waals surface area (Å²) in [7, 11) is 0. The van der Waals surface area contributed by atoms with Crippen molar-refractivity contribution in [3.63, 3.8) is 0 Å². The molecule has 0 fully saturated rings. The molecule has 0 radical (unpaired) electrons. The molecule has 2 amide bonds. The Morgan fingerprint density at radius 1 is 1.23 bits per heavy atom. The van der Waals surface area contributed by atoms with Crippen LogP contribution in [0.15, 0.2) is 48.5 Å². The van der Waals surface area contributed by atoms with Crippen LogP contribution in [0.1, 0.15) is 34.5 Å². The van der Waals surface area contributed by atoms with Gasteiger partial charge >= 0.3 is 0 Å². The van der Waals surface area contributed by atoms with E-state index >= 15 is 0 Å². The fraction of sp³-hybridized carbons (Fsp3) is 0.167. The Morgan fingerprint density at radius 2 is 1.92 bits per heavy atom. The zero-order valence-corrected chi connectivity index (χ0v) is 13.9. The number of nitrogens with zero attached hydrogens (tertiary/aromatic N) is 2. The Balaban J connectivity index is 1.89. The minimum absolute atomic E-state index is 0.104. The summed E-state index contributed by atoms with van der Waals surface area (Å²) >= 11 is 0. The van der Waals surface area contributed by atoms with Crippen molar-refractivity contribution in [3.05, 3.63) is 75.3 Å². The van der Waals surface area contributed by atoms with Gasteiger partial charge < -0.3 is 10.6 Å². The summed E-state index contributed by atoms with van der Waals surface area (Å²) < 4.78 is 0. The van der Waals surface area contributed by atoms with Crippen molar-refractivity contribution in [1.82, 2.24) is 10.6 Å². The first-order valence-electron chi connectivity index (χ1n) is 7.73. The maximum Gasteiger partial charge on any atom is 0.270 e. The van der Waals surface area contributed by atoms with Crippen LogP contribution in [0.2, 0.25) is 0 Å². The number of hydrogen-bond acceptors (Lipinski definition) is 5. The van der Waals surface area contributed by atoms with Gasteiger partial charge in [0.05, 0.1) is 29.1 Å². The van der Waals surface area contributed by atoms with Crippen LogP contribution < -0.4 is 10.6 Å². The topological polar surface area (TPSA) is 125 Å². The summed E-state index contributed by atoms with van der Waals surface area (Å²) in [6, 6.07) is 13.8. The van der Waals surface area contributed by atoms with Crippen LogP contribution in [0.25, 0.3) is 0 Å². The van der Waals surface area contributed by atoms with E-state index in [1.165, 1.54) is 18.2 Å². The Hall–Kier alpha value is -3.73. The molecule has 0 spiro atoms. The predicted molar refractivity (Wildman–Crippen MR) is 93.1 cm³/mol. The Morgan fingerprint density at radius 3 is 2.54 bits per heavy atom. The molecule has 0 aromatic heterocycles. The zero-order chi connectivity index (χ0) is 19.1. The largest absolute Gasteiger partial charge is 0.348 e. The second kappa shape index (κ2) is 8.39. The number of nitriles is 1. The molecule has 2 N–H and O–H groups in total. The van der Waals surface area contributed by atoms with E-state index in [9.17, 15) is 19.7 Å². The smallest absolute Gasteiger partial charge is 0.270 e. The highest BCUT2D eigenvalue weighted by atomic mass is 16.6. The van der Waals surface area contributed by atoms with Gasteiger partial charge in [-0.05, 0) is 30.7 Å². The van der Waals surface area contributed by atoms with Gasteiger partial charge in [0.25, 0.3) is 11.6 Å². The Kier molecular flexibility index (Phi) is 6.01. The highest BCUT2D eigenvalue weighted by Crippen LogP contribution is 2.14. The minimum atomic E-state index is -0.594. The van der Waals surface area contributed by atoms with Crippen LogP contribution in [0.3, 0.4) is 0 Å². The average Bonchev–Trinajstić information content (AvgIpc) is 2.66. The van der Waals surface area contributed by atoms with Crippen LogP contribution >= 0.6 is 0 Å². The van der Waals surface area contributed by atoms with Crippen LogP contribution in [0, 0.1) is 21.4 Å². The molecule has 2 aromatic carbocycles. The SMILES string of the molecule is CC(NC(=O)CNC(=O)c1cccc([N+](=O)[O-])c1)c1ccc(C#N)cc1. The van der Waals surface area contributed by atoms with Crippen molar-refractivity contribution < 1.29 is 14.5 Å². The number of nitro benzene ring substituents is 1. The normalized spacial score (nSPS) is 11.1. The monoisotopic (exact) mass is 352 g/mol. The molecule has 0 heterocycles. The van der Waals surface area contributed by atoms with E-state index in [0.717, 1.165) is 11.6 Å². The predicted octanol–water partition coefficient (Wildman–Crippen LogP) is 2.07. The van der Waals surface area contributed by atoms with Gasteiger partial charge in [0.15, 0.2) is 0 Å². The van der Waals surface area contributed by atoms with Crippen molar-refractivity contribution in [2.45, 2.75) is 13.0 Å². The van der Waals surface area contributed by atoms with Crippen molar-refractivity contribution >= 4 is 17.5 Å². The second-order valence-electron chi connectivity index (χ2n) is 5.51. The standard InChI is InChI=1S/C18H16N4O4/c1-12(14-7-5-13(10-19)6-8-14)21-17(23)11-20-18(24)15-3-2-4-16(9-15)22(25)26/h2-9,12H,11H2,1H3,(H,20,24)(H,21,23). The lowest BCUT2D eigenvalue weighted by Crippen LogP contribution is -2.38. The lowest BCUT2D eigenvalue weighted by atomic mass is 10.1. The first-order chi connectivity index (χ1) is 12.4. The molecule has 8 heteroatoms. The Labute approximate surface area is 149 Å². The molecule has 1 unspecified atom stereocenters. The van der Waals surface area contributed by atoms with Gasteiger partial charge in [-0.3, -0.25) is 19.7 Å². The van der Waals surface area contributed by atoms with E-state index in [4.69, 9.17) is 5.26 Å². The molecular formula is C18H16N4O4. The zero-order valence-electron chi connectivity index (χ0n) is 13.9. The summed E-state index contributed by atoms with van der Waals surface area (Å²) in [5.74, 6) is -0.976. The molecule has 132 valence electrons. The van der Waals surface area contributed by atoms with Gasteiger partial charge in [-0.25, -0.2) is 0 Å². The van der Waals surface area contributed by atoms with Gasteiger partial charge in [0.2, 0.25) is 5.91 Å². The van der Waals surface area contributed by atoms with Gasteiger partial charge in [0, 0.05) is 17.7 Å². The molecule has 0 aliphatic carbocycles. The number of rotatable bonds is 6. The molecule has 1 atom stereocenters. The number of nitrogens with one attached hydrogen (secondary N) is 2. The highest BCUT2D eigenvalue weighted by Gasteiger charge is 2.14. The lowest BCUT2D eigenvalue weighted by Gasteiger charge is -2.14. The third-order valence-electron chi connectivity index (χ3n) is 3.65. The molecule has 2 rings (SSSR count). The fourth-order valence-corrected chi connectivity index (χ4v) is 2.25. The van der Waals surface area contributed by atoms with E-state index in [0.29, 0.717) is 5.56 Å². The van der Waals surface area contributed by atoms with Gasteiger partial charge in [-0.1, -0.05) is 18.2 Å². The van der Waals surface area contributed by atoms with Crippen LogP contribution in [0.5, 0.6) is 0 Å². The molecule has 0 aliphatic heterocycles. The lowest BCUT2D eigenvalue weighted by molar-refractivity contribution is -0.384. The van der Waals surface area contributed by atoms with Crippen molar-refractivity contribution in [2.24, 2.45) is 0 Å². The summed E-state index contributed by atoms with van der Waals surface area (Å²) in [4.78, 5) is 34.1. The van der Waals surface area contributed by atoms with Crippen LogP contribution in [-0.4, -0.2) is 23.3 Å². The summed E-state index contributed by atoms with van der Waals surface area (Å²) in [5.41, 5.74) is 1.25. The molecular weight excluding hydrogens is 336 g/mol. The first-order valence-corrected chi connectivity index (χ1v) is 7.73. The first kappa shape index (κ1) is 18.6. The van der Waals surface area contributed by atoms with Gasteiger partial charge in [-0.15, -0.1) is 0 Å². The molecule has 0 aliphatic rings. The molecule has 8 nitrogen and oxygen atoms in total. The van der Waals surface area contributed by atoms with E-state index in [-0.39, 0.29) is 23.8 Å².